The fourth-order valence-electron chi connectivity index (χ4n) is 2.10. The summed E-state index contributed by atoms with van der Waals surface area (Å²) in [5.41, 5.74) is 2.89. The number of rotatable bonds is 4. The van der Waals surface area contributed by atoms with Crippen molar-refractivity contribution in [1.82, 2.24) is 9.97 Å². The molecule has 0 atom stereocenters. The number of hydrogen-bond donors (Lipinski definition) is 1. The van der Waals surface area contributed by atoms with Gasteiger partial charge in [-0.15, -0.1) is 0 Å². The Morgan fingerprint density at radius 1 is 1.17 bits per heavy atom. The average Bonchev–Trinajstić information content (AvgIpc) is 2.95. The second kappa shape index (κ2) is 6.98. The van der Waals surface area contributed by atoms with Crippen LogP contribution in [0.15, 0.2) is 60.9 Å². The summed E-state index contributed by atoms with van der Waals surface area (Å²) in [5, 5.41) is 3.40. The molecule has 1 amide bonds. The van der Waals surface area contributed by atoms with Crippen molar-refractivity contribution >= 4 is 28.5 Å². The standard InChI is InChI=1S/C18H15N3OS/c1-13-17(15-7-3-2-4-8-15)23-18(20-13)21-16(22)10-9-14-6-5-11-19-12-14/h2-12H,1H3,(H,20,21,22). The highest BCUT2D eigenvalue weighted by molar-refractivity contribution is 7.19. The normalized spacial score (nSPS) is 10.8. The Labute approximate surface area is 138 Å². The van der Waals surface area contributed by atoms with Crippen molar-refractivity contribution in [3.05, 3.63) is 72.2 Å². The molecule has 2 aromatic heterocycles. The Bertz CT molecular complexity index is 826. The van der Waals surface area contributed by atoms with Gasteiger partial charge >= 0.3 is 0 Å². The monoisotopic (exact) mass is 321 g/mol. The molecule has 0 saturated heterocycles. The first-order valence-electron chi connectivity index (χ1n) is 7.14. The van der Waals surface area contributed by atoms with Gasteiger partial charge in [0.1, 0.15) is 0 Å². The molecule has 23 heavy (non-hydrogen) atoms. The molecular weight excluding hydrogens is 306 g/mol. The van der Waals surface area contributed by atoms with Crippen molar-refractivity contribution in [3.8, 4) is 10.4 Å². The number of aromatic nitrogens is 2. The predicted molar refractivity (Wildman–Crippen MR) is 94.2 cm³/mol. The Kier molecular flexibility index (Phi) is 4.59. The van der Waals surface area contributed by atoms with Crippen molar-refractivity contribution in [2.24, 2.45) is 0 Å². The lowest BCUT2D eigenvalue weighted by atomic mass is 10.2. The third-order valence-electron chi connectivity index (χ3n) is 3.17. The van der Waals surface area contributed by atoms with E-state index in [9.17, 15) is 4.79 Å². The van der Waals surface area contributed by atoms with Crippen LogP contribution in [0.5, 0.6) is 0 Å². The molecule has 5 heteroatoms. The third-order valence-corrected chi connectivity index (χ3v) is 4.30. The number of benzene rings is 1. The van der Waals surface area contributed by atoms with Crippen molar-refractivity contribution in [1.29, 1.82) is 0 Å². The summed E-state index contributed by atoms with van der Waals surface area (Å²) in [5.74, 6) is -0.206. The van der Waals surface area contributed by atoms with Gasteiger partial charge in [0, 0.05) is 18.5 Å². The quantitative estimate of drug-likeness (QED) is 0.734. The van der Waals surface area contributed by atoms with Crippen molar-refractivity contribution in [2.45, 2.75) is 6.92 Å². The number of anilines is 1. The molecular formula is C18H15N3OS. The van der Waals surface area contributed by atoms with Crippen LogP contribution in [-0.4, -0.2) is 15.9 Å². The summed E-state index contributed by atoms with van der Waals surface area (Å²) in [4.78, 5) is 21.5. The number of amides is 1. The lowest BCUT2D eigenvalue weighted by Gasteiger charge is -1.97. The minimum Gasteiger partial charge on any atom is -0.298 e. The Hall–Kier alpha value is -2.79. The zero-order chi connectivity index (χ0) is 16.1. The van der Waals surface area contributed by atoms with Crippen LogP contribution >= 0.6 is 11.3 Å². The van der Waals surface area contributed by atoms with Gasteiger partial charge in [-0.25, -0.2) is 4.98 Å². The van der Waals surface area contributed by atoms with E-state index in [0.29, 0.717) is 5.13 Å². The van der Waals surface area contributed by atoms with Gasteiger partial charge in [-0.1, -0.05) is 47.7 Å². The summed E-state index contributed by atoms with van der Waals surface area (Å²) in [7, 11) is 0. The number of aryl methyl sites for hydroxylation is 1. The second-order valence-electron chi connectivity index (χ2n) is 4.91. The molecule has 1 N–H and O–H groups in total. The van der Waals surface area contributed by atoms with Gasteiger partial charge in [0.05, 0.1) is 10.6 Å². The van der Waals surface area contributed by atoms with Gasteiger partial charge in [0.2, 0.25) is 5.91 Å². The van der Waals surface area contributed by atoms with Crippen LogP contribution in [0, 0.1) is 6.92 Å². The molecule has 4 nitrogen and oxygen atoms in total. The zero-order valence-electron chi connectivity index (χ0n) is 12.6. The maximum Gasteiger partial charge on any atom is 0.250 e. The maximum absolute atomic E-state index is 12.0. The van der Waals surface area contributed by atoms with Gasteiger partial charge in [0.25, 0.3) is 0 Å². The smallest absolute Gasteiger partial charge is 0.250 e. The van der Waals surface area contributed by atoms with Gasteiger partial charge in [-0.2, -0.15) is 0 Å². The van der Waals surface area contributed by atoms with Crippen LogP contribution in [0.4, 0.5) is 5.13 Å². The lowest BCUT2D eigenvalue weighted by molar-refractivity contribution is -0.111. The molecule has 0 saturated carbocycles. The van der Waals surface area contributed by atoms with E-state index < -0.39 is 0 Å². The molecule has 114 valence electrons. The maximum atomic E-state index is 12.0. The first-order valence-corrected chi connectivity index (χ1v) is 7.96. The van der Waals surface area contributed by atoms with Gasteiger partial charge < -0.3 is 0 Å². The summed E-state index contributed by atoms with van der Waals surface area (Å²) in [6.45, 7) is 1.94. The Balaban J connectivity index is 1.71. The van der Waals surface area contributed by atoms with Crippen LogP contribution in [0.2, 0.25) is 0 Å². The molecule has 2 heterocycles. The van der Waals surface area contributed by atoms with E-state index in [1.54, 1.807) is 18.5 Å². The second-order valence-corrected chi connectivity index (χ2v) is 5.91. The van der Waals surface area contributed by atoms with Crippen LogP contribution in [-0.2, 0) is 4.79 Å². The minimum absolute atomic E-state index is 0.206. The molecule has 0 radical (unpaired) electrons. The highest BCUT2D eigenvalue weighted by Crippen LogP contribution is 2.32. The van der Waals surface area contributed by atoms with Gasteiger partial charge in [-0.3, -0.25) is 15.1 Å². The fraction of sp³-hybridized carbons (Fsp3) is 0.0556. The summed E-state index contributed by atoms with van der Waals surface area (Å²) in [6, 6.07) is 13.7. The lowest BCUT2D eigenvalue weighted by Crippen LogP contribution is -2.07. The predicted octanol–water partition coefficient (Wildman–Crippen LogP) is 4.17. The van der Waals surface area contributed by atoms with Crippen LogP contribution in [0.25, 0.3) is 16.5 Å². The Morgan fingerprint density at radius 2 is 2.00 bits per heavy atom. The molecule has 1 aromatic carbocycles. The number of nitrogens with zero attached hydrogens (tertiary/aromatic N) is 2. The summed E-state index contributed by atoms with van der Waals surface area (Å²) in [6.07, 6.45) is 6.60. The summed E-state index contributed by atoms with van der Waals surface area (Å²) < 4.78 is 0. The summed E-state index contributed by atoms with van der Waals surface area (Å²) >= 11 is 1.47. The number of carbonyl (C=O) groups is 1. The molecule has 0 aliphatic heterocycles. The van der Waals surface area contributed by atoms with Gasteiger partial charge in [0.15, 0.2) is 5.13 Å². The van der Waals surface area contributed by atoms with Crippen molar-refractivity contribution in [2.75, 3.05) is 5.32 Å². The Morgan fingerprint density at radius 3 is 2.74 bits per heavy atom. The number of nitrogens with one attached hydrogen (secondary N) is 1. The van der Waals surface area contributed by atoms with Crippen molar-refractivity contribution in [3.63, 3.8) is 0 Å². The molecule has 0 unspecified atom stereocenters. The minimum atomic E-state index is -0.206. The van der Waals surface area contributed by atoms with E-state index in [0.717, 1.165) is 21.7 Å². The third kappa shape index (κ3) is 3.90. The number of hydrogen-bond acceptors (Lipinski definition) is 4. The van der Waals surface area contributed by atoms with E-state index in [2.05, 4.69) is 15.3 Å². The van der Waals surface area contributed by atoms with Crippen molar-refractivity contribution < 1.29 is 4.79 Å². The van der Waals surface area contributed by atoms with E-state index in [1.165, 1.54) is 17.4 Å². The van der Waals surface area contributed by atoms with E-state index in [-0.39, 0.29) is 5.91 Å². The van der Waals surface area contributed by atoms with E-state index >= 15 is 0 Å². The molecule has 3 rings (SSSR count). The molecule has 0 spiro atoms. The van der Waals surface area contributed by atoms with Crippen LogP contribution in [0.1, 0.15) is 11.3 Å². The number of thiazole rings is 1. The molecule has 3 aromatic rings. The first kappa shape index (κ1) is 15.1. The number of carbonyl (C=O) groups excluding carboxylic acids is 1. The van der Waals surface area contributed by atoms with E-state index in [1.807, 2.05) is 49.4 Å². The largest absolute Gasteiger partial charge is 0.298 e. The molecule has 0 bridgehead atoms. The highest BCUT2D eigenvalue weighted by atomic mass is 32.1. The molecule has 0 aliphatic carbocycles. The fourth-order valence-corrected chi connectivity index (χ4v) is 3.08. The average molecular weight is 321 g/mol. The topological polar surface area (TPSA) is 54.9 Å². The molecule has 0 fully saturated rings. The SMILES string of the molecule is Cc1nc(NC(=O)C=Cc2cccnc2)sc1-c1ccccc1. The van der Waals surface area contributed by atoms with E-state index in [4.69, 9.17) is 0 Å². The van der Waals surface area contributed by atoms with Crippen LogP contribution in [0.3, 0.4) is 0 Å². The number of pyridine rings is 1. The van der Waals surface area contributed by atoms with Gasteiger partial charge in [-0.05, 0) is 30.2 Å². The highest BCUT2D eigenvalue weighted by Gasteiger charge is 2.10. The zero-order valence-corrected chi connectivity index (χ0v) is 13.4. The van der Waals surface area contributed by atoms with Crippen LogP contribution < -0.4 is 5.32 Å². The molecule has 0 aliphatic rings. The first-order chi connectivity index (χ1) is 11.2.